The van der Waals surface area contributed by atoms with Crippen LogP contribution in [0.5, 0.6) is 0 Å². The van der Waals surface area contributed by atoms with Crippen molar-refractivity contribution in [3.8, 4) is 22.3 Å². The average molecular weight is 675 g/mol. The van der Waals surface area contributed by atoms with Gasteiger partial charge in [-0.3, -0.25) is 0 Å². The second-order valence-corrected chi connectivity index (χ2v) is 14.9. The minimum Gasteiger partial charge on any atom is -0.359 e. The molecule has 0 fully saturated rings. The van der Waals surface area contributed by atoms with Crippen LogP contribution in [0.3, 0.4) is 0 Å². The van der Waals surface area contributed by atoms with Crippen LogP contribution in [-0.4, -0.2) is 5.84 Å². The van der Waals surface area contributed by atoms with Crippen LogP contribution in [0, 0.1) is 0 Å². The van der Waals surface area contributed by atoms with E-state index in [4.69, 9.17) is 4.99 Å². The summed E-state index contributed by atoms with van der Waals surface area (Å²) in [5.74, 6) is 0.885. The Balaban J connectivity index is 1.08. The molecule has 7 aromatic carbocycles. The topological polar surface area (TPSA) is 24.4 Å². The van der Waals surface area contributed by atoms with Gasteiger partial charge in [-0.05, 0) is 52.6 Å². The van der Waals surface area contributed by atoms with Crippen LogP contribution in [0.2, 0.25) is 0 Å². The highest BCUT2D eigenvalue weighted by Crippen LogP contribution is 2.45. The molecule has 3 heterocycles. The first-order valence-electron chi connectivity index (χ1n) is 16.9. The van der Waals surface area contributed by atoms with Crippen molar-refractivity contribution in [2.45, 2.75) is 6.04 Å². The fourth-order valence-corrected chi connectivity index (χ4v) is 9.71. The van der Waals surface area contributed by atoms with Crippen LogP contribution < -0.4 is 5.32 Å². The van der Waals surface area contributed by atoms with Gasteiger partial charge in [-0.15, -0.1) is 22.7 Å². The van der Waals surface area contributed by atoms with Gasteiger partial charge in [0.2, 0.25) is 0 Å². The zero-order valence-corrected chi connectivity index (χ0v) is 28.6. The number of aliphatic imine (C=N–C) groups is 1. The molecular weight excluding hydrogens is 645 g/mol. The first kappa shape index (κ1) is 29.1. The fraction of sp³-hybridized carbons (Fsp3) is 0.0217. The maximum absolute atomic E-state index is 5.26. The van der Waals surface area contributed by atoms with E-state index in [9.17, 15) is 0 Å². The Hall–Kier alpha value is -5.81. The Morgan fingerprint density at radius 1 is 0.440 bits per heavy atom. The van der Waals surface area contributed by atoms with Crippen LogP contribution in [0.15, 0.2) is 175 Å². The molecule has 0 bridgehead atoms. The van der Waals surface area contributed by atoms with Crippen LogP contribution in [-0.2, 0) is 0 Å². The Kier molecular flexibility index (Phi) is 6.97. The van der Waals surface area contributed by atoms with Gasteiger partial charge in [0.25, 0.3) is 0 Å². The number of hydrogen-bond donors (Lipinski definition) is 1. The van der Waals surface area contributed by atoms with Crippen molar-refractivity contribution >= 4 is 74.6 Å². The molecule has 1 atom stereocenters. The van der Waals surface area contributed by atoms with Crippen molar-refractivity contribution < 1.29 is 0 Å². The highest BCUT2D eigenvalue weighted by atomic mass is 32.1. The van der Waals surface area contributed by atoms with Crippen LogP contribution in [0.4, 0.5) is 0 Å². The maximum Gasteiger partial charge on any atom is 0.134 e. The molecule has 9 aromatic rings. The predicted octanol–water partition coefficient (Wildman–Crippen LogP) is 12.9. The number of amidine groups is 1. The summed E-state index contributed by atoms with van der Waals surface area (Å²) in [5, 5.41) is 8.98. The van der Waals surface area contributed by atoms with E-state index in [-0.39, 0.29) is 6.04 Å². The van der Waals surface area contributed by atoms with E-state index in [0.29, 0.717) is 0 Å². The molecule has 50 heavy (non-hydrogen) atoms. The molecule has 0 spiro atoms. The van der Waals surface area contributed by atoms with E-state index in [2.05, 4.69) is 175 Å². The molecule has 1 N–H and O–H groups in total. The molecule has 2 aromatic heterocycles. The van der Waals surface area contributed by atoms with E-state index in [1.807, 2.05) is 22.7 Å². The van der Waals surface area contributed by atoms with Gasteiger partial charge in [0, 0.05) is 57.0 Å². The summed E-state index contributed by atoms with van der Waals surface area (Å²) in [5.41, 5.74) is 9.38. The van der Waals surface area contributed by atoms with Crippen molar-refractivity contribution in [1.82, 2.24) is 5.32 Å². The maximum atomic E-state index is 5.26. The molecule has 0 aliphatic carbocycles. The number of benzene rings is 7. The summed E-state index contributed by atoms with van der Waals surface area (Å²) < 4.78 is 5.29. The minimum atomic E-state index is -0.00387. The van der Waals surface area contributed by atoms with Crippen LogP contribution >= 0.6 is 22.7 Å². The molecular formula is C46H30N2S2. The van der Waals surface area contributed by atoms with Gasteiger partial charge < -0.3 is 5.32 Å². The third-order valence-electron chi connectivity index (χ3n) is 9.76. The summed E-state index contributed by atoms with van der Waals surface area (Å²) in [4.78, 5) is 5.26. The largest absolute Gasteiger partial charge is 0.359 e. The summed E-state index contributed by atoms with van der Waals surface area (Å²) in [6.45, 7) is 0. The first-order chi connectivity index (χ1) is 24.8. The number of thiophene rings is 2. The molecule has 4 heteroatoms. The normalized spacial score (nSPS) is 14.6. The molecule has 0 saturated heterocycles. The van der Waals surface area contributed by atoms with Gasteiger partial charge in [0.05, 0.1) is 11.7 Å². The van der Waals surface area contributed by atoms with Gasteiger partial charge in [0.15, 0.2) is 0 Å². The van der Waals surface area contributed by atoms with E-state index in [1.165, 1.54) is 68.2 Å². The van der Waals surface area contributed by atoms with Gasteiger partial charge >= 0.3 is 0 Å². The lowest BCUT2D eigenvalue weighted by atomic mass is 9.98. The van der Waals surface area contributed by atoms with Crippen molar-refractivity contribution in [2.24, 2.45) is 4.99 Å². The molecule has 1 unspecified atom stereocenters. The monoisotopic (exact) mass is 674 g/mol. The van der Waals surface area contributed by atoms with Gasteiger partial charge in [-0.2, -0.15) is 0 Å². The van der Waals surface area contributed by atoms with Crippen molar-refractivity contribution in [1.29, 1.82) is 0 Å². The zero-order valence-electron chi connectivity index (χ0n) is 27.0. The lowest BCUT2D eigenvalue weighted by molar-refractivity contribution is 0.781. The minimum absolute atomic E-state index is 0.00387. The smallest absolute Gasteiger partial charge is 0.134 e. The van der Waals surface area contributed by atoms with Crippen molar-refractivity contribution in [3.05, 3.63) is 187 Å². The molecule has 1 aliphatic heterocycles. The third-order valence-corrected chi connectivity index (χ3v) is 12.2. The summed E-state index contributed by atoms with van der Waals surface area (Å²) in [6, 6.07) is 59.0. The number of rotatable bonds is 5. The number of fused-ring (bicyclic) bond motifs is 6. The Bertz CT molecular complexity index is 2770. The van der Waals surface area contributed by atoms with Gasteiger partial charge in [-0.25, -0.2) is 4.99 Å². The molecule has 0 amide bonds. The molecule has 236 valence electrons. The first-order valence-corrected chi connectivity index (χ1v) is 18.5. The summed E-state index contributed by atoms with van der Waals surface area (Å²) >= 11 is 3.77. The van der Waals surface area contributed by atoms with Gasteiger partial charge in [-0.1, -0.05) is 140 Å². The standard InChI is InChI=1S/C46H30N2S2/c1-3-11-29(12-4-1)30-21-23-32(24-22-30)41-28-40(31-13-5-2-6-14-31)47-46(48-41)33-25-26-43-39(27-33)38-19-10-18-37(45(38)50-43)36-17-9-16-35-34-15-7-8-20-42(34)49-44(35)36/h1-28,40H,(H,47,48). The number of hydrogen-bond acceptors (Lipinski definition) is 4. The van der Waals surface area contributed by atoms with E-state index in [1.54, 1.807) is 0 Å². The van der Waals surface area contributed by atoms with E-state index in [0.717, 1.165) is 22.7 Å². The Labute approximate surface area is 298 Å². The van der Waals surface area contributed by atoms with E-state index >= 15 is 0 Å². The highest BCUT2D eigenvalue weighted by Gasteiger charge is 2.21. The molecule has 10 rings (SSSR count). The molecule has 2 nitrogen and oxygen atoms in total. The van der Waals surface area contributed by atoms with Crippen LogP contribution in [0.1, 0.15) is 22.7 Å². The Morgan fingerprint density at radius 3 is 1.74 bits per heavy atom. The van der Waals surface area contributed by atoms with Crippen molar-refractivity contribution in [2.75, 3.05) is 0 Å². The van der Waals surface area contributed by atoms with E-state index < -0.39 is 0 Å². The molecule has 0 radical (unpaired) electrons. The lowest BCUT2D eigenvalue weighted by Gasteiger charge is -2.24. The summed E-state index contributed by atoms with van der Waals surface area (Å²) in [7, 11) is 0. The second-order valence-electron chi connectivity index (χ2n) is 12.8. The lowest BCUT2D eigenvalue weighted by Crippen LogP contribution is -2.31. The Morgan fingerprint density at radius 2 is 1.00 bits per heavy atom. The zero-order chi connectivity index (χ0) is 33.0. The third kappa shape index (κ3) is 4.96. The molecule has 0 saturated carbocycles. The van der Waals surface area contributed by atoms with Crippen molar-refractivity contribution in [3.63, 3.8) is 0 Å². The van der Waals surface area contributed by atoms with Gasteiger partial charge in [0.1, 0.15) is 5.84 Å². The van der Waals surface area contributed by atoms with Crippen LogP contribution in [0.25, 0.3) is 68.3 Å². The fourth-order valence-electron chi connectivity index (χ4n) is 7.27. The quantitative estimate of drug-likeness (QED) is 0.193. The second kappa shape index (κ2) is 12.0. The number of nitrogens with zero attached hydrogens (tertiary/aromatic N) is 1. The average Bonchev–Trinajstić information content (AvgIpc) is 3.77. The predicted molar refractivity (Wildman–Crippen MR) is 216 cm³/mol. The SMILES string of the molecule is C1=C(c2ccc(-c3ccccc3)cc2)N=C(c2ccc3sc4c(-c5cccc6c5sc5ccccc56)cccc4c3c2)NC1c1ccccc1. The highest BCUT2D eigenvalue weighted by molar-refractivity contribution is 7.27. The molecule has 1 aliphatic rings. The summed E-state index contributed by atoms with van der Waals surface area (Å²) in [6.07, 6.45) is 2.25. The number of nitrogens with one attached hydrogen (secondary N) is 1.